The Balaban J connectivity index is 1.77. The van der Waals surface area contributed by atoms with Crippen molar-refractivity contribution in [2.24, 2.45) is 0 Å². The highest BCUT2D eigenvalue weighted by atomic mass is 35.5. The predicted octanol–water partition coefficient (Wildman–Crippen LogP) is 4.05. The van der Waals surface area contributed by atoms with E-state index in [1.807, 2.05) is 0 Å². The Morgan fingerprint density at radius 2 is 1.73 bits per heavy atom. The summed E-state index contributed by atoms with van der Waals surface area (Å²) in [5, 5.41) is 5.26. The van der Waals surface area contributed by atoms with E-state index in [0.29, 0.717) is 27.9 Å². The van der Waals surface area contributed by atoms with Crippen molar-refractivity contribution >= 4 is 39.0 Å². The number of benzene rings is 2. The van der Waals surface area contributed by atoms with Crippen LogP contribution in [-0.4, -0.2) is 25.3 Å². The number of methoxy groups -OCH3 is 1. The molecule has 6 nitrogen and oxygen atoms in total. The molecule has 26 heavy (non-hydrogen) atoms. The molecule has 3 rings (SSSR count). The highest BCUT2D eigenvalue weighted by Gasteiger charge is 2.16. The zero-order chi connectivity index (χ0) is 18.7. The van der Waals surface area contributed by atoms with Gasteiger partial charge in [0, 0.05) is 27.9 Å². The molecule has 1 N–H and O–H groups in total. The van der Waals surface area contributed by atoms with Crippen LogP contribution in [0.25, 0.3) is 0 Å². The van der Waals surface area contributed by atoms with Crippen molar-refractivity contribution in [3.8, 4) is 5.75 Å². The molecule has 0 fully saturated rings. The molecule has 0 spiro atoms. The predicted molar refractivity (Wildman–Crippen MR) is 102 cm³/mol. The van der Waals surface area contributed by atoms with E-state index in [2.05, 4.69) is 9.82 Å². The average Bonchev–Trinajstić information content (AvgIpc) is 3.05. The van der Waals surface area contributed by atoms with Crippen LogP contribution in [0.4, 0.5) is 5.82 Å². The smallest absolute Gasteiger partial charge is 0.263 e. The fourth-order valence-electron chi connectivity index (χ4n) is 2.30. The van der Waals surface area contributed by atoms with Gasteiger partial charge in [-0.1, -0.05) is 29.3 Å². The molecule has 9 heteroatoms. The summed E-state index contributed by atoms with van der Waals surface area (Å²) in [5.41, 5.74) is 0.712. The van der Waals surface area contributed by atoms with Gasteiger partial charge in [0.05, 0.1) is 18.6 Å². The molecule has 3 aromatic rings. The van der Waals surface area contributed by atoms with Gasteiger partial charge >= 0.3 is 0 Å². The van der Waals surface area contributed by atoms with Crippen molar-refractivity contribution in [3.63, 3.8) is 0 Å². The van der Waals surface area contributed by atoms with Gasteiger partial charge in [-0.3, -0.25) is 9.40 Å². The van der Waals surface area contributed by atoms with Crippen LogP contribution in [0, 0.1) is 0 Å². The first-order valence-electron chi connectivity index (χ1n) is 7.52. The van der Waals surface area contributed by atoms with Gasteiger partial charge in [-0.2, -0.15) is 5.10 Å². The zero-order valence-corrected chi connectivity index (χ0v) is 16.0. The molecule has 2 aromatic carbocycles. The number of hydrogen-bond donors (Lipinski definition) is 1. The van der Waals surface area contributed by atoms with Gasteiger partial charge in [0.15, 0.2) is 5.82 Å². The minimum atomic E-state index is -3.75. The maximum atomic E-state index is 12.4. The third-order valence-electron chi connectivity index (χ3n) is 3.63. The quantitative estimate of drug-likeness (QED) is 0.663. The molecule has 0 aliphatic carbocycles. The third kappa shape index (κ3) is 4.12. The Kier molecular flexibility index (Phi) is 5.41. The molecule has 0 amide bonds. The SMILES string of the molecule is COc1ccc(S(=O)(=O)Nc2ccn(Cc3c(Cl)cccc3Cl)n2)cc1. The maximum Gasteiger partial charge on any atom is 0.263 e. The Bertz CT molecular complexity index is 998. The first kappa shape index (κ1) is 18.6. The fourth-order valence-corrected chi connectivity index (χ4v) is 3.81. The van der Waals surface area contributed by atoms with Gasteiger partial charge < -0.3 is 4.74 Å². The van der Waals surface area contributed by atoms with Gasteiger partial charge in [-0.15, -0.1) is 0 Å². The van der Waals surface area contributed by atoms with Gasteiger partial charge in [-0.25, -0.2) is 8.42 Å². The standard InChI is InChI=1S/C17H15Cl2N3O3S/c1-25-12-5-7-13(8-6-12)26(23,24)21-17-9-10-22(20-17)11-14-15(18)3-2-4-16(14)19/h2-10H,11H2,1H3,(H,20,21). The first-order valence-corrected chi connectivity index (χ1v) is 9.76. The second-order valence-electron chi connectivity index (χ2n) is 5.38. The Morgan fingerprint density at radius 1 is 1.08 bits per heavy atom. The lowest BCUT2D eigenvalue weighted by atomic mass is 10.2. The molecule has 0 aliphatic rings. The molecular formula is C17H15Cl2N3O3S. The summed E-state index contributed by atoms with van der Waals surface area (Å²) in [6.07, 6.45) is 1.64. The van der Waals surface area contributed by atoms with E-state index in [1.54, 1.807) is 47.3 Å². The number of nitrogens with one attached hydrogen (secondary N) is 1. The minimum absolute atomic E-state index is 0.113. The second-order valence-corrected chi connectivity index (χ2v) is 7.88. The lowest BCUT2D eigenvalue weighted by molar-refractivity contribution is 0.414. The van der Waals surface area contributed by atoms with Gasteiger partial charge in [-0.05, 0) is 36.4 Å². The van der Waals surface area contributed by atoms with Crippen molar-refractivity contribution in [2.45, 2.75) is 11.4 Å². The third-order valence-corrected chi connectivity index (χ3v) is 5.71. The molecule has 0 saturated heterocycles. The van der Waals surface area contributed by atoms with Crippen molar-refractivity contribution in [1.82, 2.24) is 9.78 Å². The highest BCUT2D eigenvalue weighted by Crippen LogP contribution is 2.25. The lowest BCUT2D eigenvalue weighted by Gasteiger charge is -2.08. The largest absolute Gasteiger partial charge is 0.497 e. The summed E-state index contributed by atoms with van der Waals surface area (Å²) in [6, 6.07) is 12.9. The van der Waals surface area contributed by atoms with Crippen LogP contribution in [0.5, 0.6) is 5.75 Å². The van der Waals surface area contributed by atoms with Crippen LogP contribution in [0.2, 0.25) is 10.0 Å². The number of aromatic nitrogens is 2. The van der Waals surface area contributed by atoms with Crippen molar-refractivity contribution in [3.05, 3.63) is 70.3 Å². The topological polar surface area (TPSA) is 73.2 Å². The highest BCUT2D eigenvalue weighted by molar-refractivity contribution is 7.92. The van der Waals surface area contributed by atoms with Crippen LogP contribution in [0.1, 0.15) is 5.56 Å². The molecule has 136 valence electrons. The number of halogens is 2. The van der Waals surface area contributed by atoms with Crippen LogP contribution < -0.4 is 9.46 Å². The fraction of sp³-hybridized carbons (Fsp3) is 0.118. The Labute approximate surface area is 161 Å². The van der Waals surface area contributed by atoms with E-state index < -0.39 is 10.0 Å². The molecular weight excluding hydrogens is 397 g/mol. The molecule has 0 unspecified atom stereocenters. The van der Waals surface area contributed by atoms with Gasteiger partial charge in [0.25, 0.3) is 10.0 Å². The van der Waals surface area contributed by atoms with Gasteiger partial charge in [0.2, 0.25) is 0 Å². The lowest BCUT2D eigenvalue weighted by Crippen LogP contribution is -2.13. The van der Waals surface area contributed by atoms with E-state index in [9.17, 15) is 8.42 Å². The van der Waals surface area contributed by atoms with Crippen molar-refractivity contribution in [2.75, 3.05) is 11.8 Å². The van der Waals surface area contributed by atoms with Crippen LogP contribution in [0.15, 0.2) is 59.6 Å². The molecule has 0 radical (unpaired) electrons. The summed E-state index contributed by atoms with van der Waals surface area (Å²) >= 11 is 12.3. The summed E-state index contributed by atoms with van der Waals surface area (Å²) < 4.78 is 33.9. The van der Waals surface area contributed by atoms with E-state index in [4.69, 9.17) is 27.9 Å². The molecule has 0 aliphatic heterocycles. The number of ether oxygens (including phenoxy) is 1. The molecule has 1 heterocycles. The summed E-state index contributed by atoms with van der Waals surface area (Å²) in [6.45, 7) is 0.322. The van der Waals surface area contributed by atoms with E-state index in [1.165, 1.54) is 19.2 Å². The second kappa shape index (κ2) is 7.57. The van der Waals surface area contributed by atoms with Gasteiger partial charge in [0.1, 0.15) is 5.75 Å². The first-order chi connectivity index (χ1) is 12.4. The Hall–Kier alpha value is -2.22. The number of hydrogen-bond acceptors (Lipinski definition) is 4. The van der Waals surface area contributed by atoms with Crippen LogP contribution in [-0.2, 0) is 16.6 Å². The molecule has 0 atom stereocenters. The molecule has 0 saturated carbocycles. The summed E-state index contributed by atoms with van der Waals surface area (Å²) in [4.78, 5) is 0.113. The van der Waals surface area contributed by atoms with Crippen molar-refractivity contribution in [1.29, 1.82) is 0 Å². The summed E-state index contributed by atoms with van der Waals surface area (Å²) in [7, 11) is -2.23. The number of anilines is 1. The van der Waals surface area contributed by atoms with E-state index >= 15 is 0 Å². The normalized spacial score (nSPS) is 11.3. The van der Waals surface area contributed by atoms with Crippen LogP contribution in [0.3, 0.4) is 0 Å². The van der Waals surface area contributed by atoms with Crippen LogP contribution >= 0.6 is 23.2 Å². The number of nitrogens with zero attached hydrogens (tertiary/aromatic N) is 2. The van der Waals surface area contributed by atoms with Crippen molar-refractivity contribution < 1.29 is 13.2 Å². The van der Waals surface area contributed by atoms with E-state index in [0.717, 1.165) is 0 Å². The average molecular weight is 412 g/mol. The number of sulfonamides is 1. The van der Waals surface area contributed by atoms with E-state index in [-0.39, 0.29) is 10.7 Å². The maximum absolute atomic E-state index is 12.4. The minimum Gasteiger partial charge on any atom is -0.497 e. The molecule has 1 aromatic heterocycles. The molecule has 0 bridgehead atoms. The zero-order valence-electron chi connectivity index (χ0n) is 13.7. The Morgan fingerprint density at radius 3 is 2.35 bits per heavy atom. The summed E-state index contributed by atoms with van der Waals surface area (Å²) in [5.74, 6) is 0.772. The monoisotopic (exact) mass is 411 g/mol. The number of rotatable bonds is 6.